The van der Waals surface area contributed by atoms with E-state index in [0.29, 0.717) is 44.9 Å². The molecule has 2 aliphatic heterocycles. The number of carbonyl (C=O) groups is 4. The van der Waals surface area contributed by atoms with Crippen molar-refractivity contribution < 1.29 is 28.7 Å². The van der Waals surface area contributed by atoms with Crippen LogP contribution in [-0.2, 0) is 23.9 Å². The maximum absolute atomic E-state index is 12.8. The maximum atomic E-state index is 12.8. The second-order valence-corrected chi connectivity index (χ2v) is 10.1. The Kier molecular flexibility index (Phi) is 9.98. The fraction of sp³-hybridized carbons (Fsp3) is 0.833. The summed E-state index contributed by atoms with van der Waals surface area (Å²) < 4.78 is 10.4. The van der Waals surface area contributed by atoms with E-state index in [2.05, 4.69) is 5.32 Å². The van der Waals surface area contributed by atoms with Crippen molar-refractivity contribution in [1.29, 1.82) is 0 Å². The van der Waals surface area contributed by atoms with Gasteiger partial charge in [0, 0.05) is 32.6 Å². The van der Waals surface area contributed by atoms with Crippen molar-refractivity contribution in [2.24, 2.45) is 11.8 Å². The van der Waals surface area contributed by atoms with Gasteiger partial charge in [-0.15, -0.1) is 0 Å². The van der Waals surface area contributed by atoms with E-state index in [4.69, 9.17) is 9.47 Å². The number of piperidine rings is 2. The molecule has 0 aromatic carbocycles. The summed E-state index contributed by atoms with van der Waals surface area (Å²) in [6.45, 7) is 11.5. The first-order valence-corrected chi connectivity index (χ1v) is 12.2. The lowest BCUT2D eigenvalue weighted by atomic mass is 9.91. The molecule has 188 valence electrons. The summed E-state index contributed by atoms with van der Waals surface area (Å²) in [7, 11) is 0. The lowest BCUT2D eigenvalue weighted by molar-refractivity contribution is -0.148. The third kappa shape index (κ3) is 8.85. The highest BCUT2D eigenvalue weighted by Crippen LogP contribution is 2.25. The number of likely N-dealkylation sites (tertiary alicyclic amines) is 2. The summed E-state index contributed by atoms with van der Waals surface area (Å²) in [6, 6.07) is -0.699. The lowest BCUT2D eigenvalue weighted by Crippen LogP contribution is -2.49. The van der Waals surface area contributed by atoms with Gasteiger partial charge in [-0.2, -0.15) is 0 Å². The summed E-state index contributed by atoms with van der Waals surface area (Å²) in [5, 5.41) is 2.71. The van der Waals surface area contributed by atoms with Crippen LogP contribution >= 0.6 is 0 Å². The largest absolute Gasteiger partial charge is 0.464 e. The summed E-state index contributed by atoms with van der Waals surface area (Å²) in [5.74, 6) is -0.492. The zero-order chi connectivity index (χ0) is 24.6. The van der Waals surface area contributed by atoms with Crippen LogP contribution in [0.15, 0.2) is 0 Å². The van der Waals surface area contributed by atoms with Crippen LogP contribution in [0.25, 0.3) is 0 Å². The zero-order valence-electron chi connectivity index (χ0n) is 20.9. The number of amides is 3. The fourth-order valence-corrected chi connectivity index (χ4v) is 4.29. The number of esters is 1. The summed E-state index contributed by atoms with van der Waals surface area (Å²) in [5.41, 5.74) is -0.500. The first-order chi connectivity index (χ1) is 15.5. The molecule has 0 aromatic heterocycles. The van der Waals surface area contributed by atoms with Crippen LogP contribution < -0.4 is 5.32 Å². The Morgan fingerprint density at radius 3 is 2.30 bits per heavy atom. The van der Waals surface area contributed by atoms with Crippen molar-refractivity contribution in [2.45, 2.75) is 84.8 Å². The molecule has 0 unspecified atom stereocenters. The van der Waals surface area contributed by atoms with Crippen LogP contribution in [0.3, 0.4) is 0 Å². The molecule has 1 N–H and O–H groups in total. The predicted octanol–water partition coefficient (Wildman–Crippen LogP) is 2.72. The van der Waals surface area contributed by atoms with Crippen LogP contribution in [0.5, 0.6) is 0 Å². The van der Waals surface area contributed by atoms with Crippen LogP contribution in [0.4, 0.5) is 4.79 Å². The van der Waals surface area contributed by atoms with Gasteiger partial charge in [-0.25, -0.2) is 9.59 Å². The molecule has 33 heavy (non-hydrogen) atoms. The SMILES string of the molecule is CCOC(=O)[C@H](C)NC(=O)[C@@H]1CCCN(C(=O)CCC2CCN(C(=O)OC(C)(C)C)CC2)C1. The average Bonchev–Trinajstić information content (AvgIpc) is 2.76. The van der Waals surface area contributed by atoms with Crippen molar-refractivity contribution >= 4 is 23.9 Å². The summed E-state index contributed by atoms with van der Waals surface area (Å²) >= 11 is 0. The molecule has 2 rings (SSSR count). The molecule has 2 atom stereocenters. The van der Waals surface area contributed by atoms with Gasteiger partial charge >= 0.3 is 12.1 Å². The Hall–Kier alpha value is -2.32. The van der Waals surface area contributed by atoms with E-state index < -0.39 is 17.6 Å². The molecule has 2 heterocycles. The highest BCUT2D eigenvalue weighted by atomic mass is 16.6. The minimum atomic E-state index is -0.699. The minimum absolute atomic E-state index is 0.0699. The standard InChI is InChI=1S/C24H41N3O6/c1-6-32-22(30)17(2)25-21(29)19-8-7-13-27(16-19)20(28)10-9-18-11-14-26(15-12-18)23(31)33-24(3,4)5/h17-19H,6-16H2,1-5H3,(H,25,29)/t17-,19+/m0/s1. The Bertz CT molecular complexity index is 697. The smallest absolute Gasteiger partial charge is 0.410 e. The quantitative estimate of drug-likeness (QED) is 0.577. The fourth-order valence-electron chi connectivity index (χ4n) is 4.29. The first kappa shape index (κ1) is 26.9. The van der Waals surface area contributed by atoms with Crippen molar-refractivity contribution in [3.63, 3.8) is 0 Å². The molecule has 0 bridgehead atoms. The van der Waals surface area contributed by atoms with Gasteiger partial charge in [-0.05, 0) is 72.6 Å². The zero-order valence-corrected chi connectivity index (χ0v) is 20.9. The lowest BCUT2D eigenvalue weighted by Gasteiger charge is -2.34. The van der Waals surface area contributed by atoms with Crippen molar-refractivity contribution in [3.8, 4) is 0 Å². The molecule has 0 saturated carbocycles. The van der Waals surface area contributed by atoms with E-state index in [1.807, 2.05) is 20.8 Å². The Morgan fingerprint density at radius 1 is 1.03 bits per heavy atom. The number of nitrogens with one attached hydrogen (secondary N) is 1. The van der Waals surface area contributed by atoms with Gasteiger partial charge in [-0.3, -0.25) is 9.59 Å². The third-order valence-electron chi connectivity index (χ3n) is 6.18. The Morgan fingerprint density at radius 2 is 1.70 bits per heavy atom. The van der Waals surface area contributed by atoms with Gasteiger partial charge in [0.15, 0.2) is 0 Å². The van der Waals surface area contributed by atoms with Crippen molar-refractivity contribution in [3.05, 3.63) is 0 Å². The van der Waals surface area contributed by atoms with E-state index in [-0.39, 0.29) is 30.4 Å². The van der Waals surface area contributed by atoms with Crippen LogP contribution in [0.2, 0.25) is 0 Å². The highest BCUT2D eigenvalue weighted by molar-refractivity contribution is 5.86. The van der Waals surface area contributed by atoms with Gasteiger partial charge in [0.2, 0.25) is 11.8 Å². The predicted molar refractivity (Wildman–Crippen MR) is 123 cm³/mol. The van der Waals surface area contributed by atoms with Gasteiger partial charge in [0.1, 0.15) is 11.6 Å². The minimum Gasteiger partial charge on any atom is -0.464 e. The van der Waals surface area contributed by atoms with E-state index in [1.54, 1.807) is 23.6 Å². The average molecular weight is 468 g/mol. The van der Waals surface area contributed by atoms with E-state index in [0.717, 1.165) is 25.7 Å². The molecular formula is C24H41N3O6. The molecule has 3 amide bonds. The first-order valence-electron chi connectivity index (χ1n) is 12.2. The molecule has 2 fully saturated rings. The molecule has 9 nitrogen and oxygen atoms in total. The monoisotopic (exact) mass is 467 g/mol. The highest BCUT2D eigenvalue weighted by Gasteiger charge is 2.31. The third-order valence-corrected chi connectivity index (χ3v) is 6.18. The van der Waals surface area contributed by atoms with Crippen LogP contribution in [0.1, 0.15) is 73.1 Å². The second-order valence-electron chi connectivity index (χ2n) is 10.1. The number of hydrogen-bond donors (Lipinski definition) is 1. The summed E-state index contributed by atoms with van der Waals surface area (Å²) in [4.78, 5) is 52.8. The molecule has 0 radical (unpaired) electrons. The summed E-state index contributed by atoms with van der Waals surface area (Å²) in [6.07, 6.45) is 4.16. The number of ether oxygens (including phenoxy) is 2. The van der Waals surface area contributed by atoms with E-state index in [1.165, 1.54) is 0 Å². The molecule has 0 aliphatic carbocycles. The molecule has 0 aromatic rings. The number of rotatable bonds is 7. The Balaban J connectivity index is 1.73. The Labute approximate surface area is 197 Å². The van der Waals surface area contributed by atoms with E-state index >= 15 is 0 Å². The van der Waals surface area contributed by atoms with Gasteiger partial charge < -0.3 is 24.6 Å². The molecule has 9 heteroatoms. The molecule has 2 saturated heterocycles. The molecule has 2 aliphatic rings. The second kappa shape index (κ2) is 12.2. The van der Waals surface area contributed by atoms with Gasteiger partial charge in [0.05, 0.1) is 12.5 Å². The van der Waals surface area contributed by atoms with Crippen LogP contribution in [0, 0.1) is 11.8 Å². The number of hydrogen-bond acceptors (Lipinski definition) is 6. The van der Waals surface area contributed by atoms with Crippen molar-refractivity contribution in [1.82, 2.24) is 15.1 Å². The van der Waals surface area contributed by atoms with Crippen LogP contribution in [-0.4, -0.2) is 78.1 Å². The molecular weight excluding hydrogens is 426 g/mol. The van der Waals surface area contributed by atoms with Crippen molar-refractivity contribution in [2.75, 3.05) is 32.8 Å². The topological polar surface area (TPSA) is 105 Å². The molecule has 0 spiro atoms. The van der Waals surface area contributed by atoms with Gasteiger partial charge in [0.25, 0.3) is 0 Å². The maximum Gasteiger partial charge on any atom is 0.410 e. The number of nitrogens with zero attached hydrogens (tertiary/aromatic N) is 2. The van der Waals surface area contributed by atoms with E-state index in [9.17, 15) is 19.2 Å². The number of carbonyl (C=O) groups excluding carboxylic acids is 4. The van der Waals surface area contributed by atoms with Gasteiger partial charge in [-0.1, -0.05) is 0 Å². The normalized spacial score (nSPS) is 20.7.